The second-order valence-electron chi connectivity index (χ2n) is 6.04. The van der Waals surface area contributed by atoms with E-state index in [0.717, 1.165) is 31.2 Å². The van der Waals surface area contributed by atoms with Gasteiger partial charge in [0.2, 0.25) is 0 Å². The first-order valence-electron chi connectivity index (χ1n) is 8.76. The summed E-state index contributed by atoms with van der Waals surface area (Å²) in [7, 11) is 0. The molecule has 1 amide bonds. The highest BCUT2D eigenvalue weighted by atomic mass is 16.5. The molecule has 25 heavy (non-hydrogen) atoms. The van der Waals surface area contributed by atoms with E-state index in [-0.39, 0.29) is 11.9 Å². The van der Waals surface area contributed by atoms with Gasteiger partial charge in [0.25, 0.3) is 5.91 Å². The molecule has 0 aromatic heterocycles. The van der Waals surface area contributed by atoms with E-state index < -0.39 is 0 Å². The lowest BCUT2D eigenvalue weighted by atomic mass is 10.1. The highest BCUT2D eigenvalue weighted by Gasteiger charge is 2.10. The minimum Gasteiger partial charge on any atom is -0.462 e. The van der Waals surface area contributed by atoms with Crippen LogP contribution in [0.1, 0.15) is 58.9 Å². The van der Waals surface area contributed by atoms with Crippen molar-refractivity contribution in [1.82, 2.24) is 0 Å². The van der Waals surface area contributed by atoms with E-state index in [4.69, 9.17) is 4.74 Å². The molecule has 0 fully saturated rings. The first-order chi connectivity index (χ1) is 12.1. The van der Waals surface area contributed by atoms with Gasteiger partial charge in [-0.3, -0.25) is 4.79 Å². The molecule has 0 saturated carbocycles. The predicted molar refractivity (Wildman–Crippen MR) is 100.0 cm³/mol. The van der Waals surface area contributed by atoms with E-state index in [1.807, 2.05) is 25.1 Å². The number of hydrogen-bond acceptors (Lipinski definition) is 3. The van der Waals surface area contributed by atoms with E-state index in [2.05, 4.69) is 12.2 Å². The van der Waals surface area contributed by atoms with Crippen molar-refractivity contribution in [2.75, 3.05) is 11.9 Å². The van der Waals surface area contributed by atoms with Crippen LogP contribution in [0, 0.1) is 6.92 Å². The van der Waals surface area contributed by atoms with Gasteiger partial charge in [0.15, 0.2) is 0 Å². The summed E-state index contributed by atoms with van der Waals surface area (Å²) >= 11 is 0. The maximum Gasteiger partial charge on any atom is 0.338 e. The fourth-order valence-electron chi connectivity index (χ4n) is 2.49. The van der Waals surface area contributed by atoms with Crippen LogP contribution in [0.5, 0.6) is 0 Å². The lowest BCUT2D eigenvalue weighted by Gasteiger charge is -2.08. The molecule has 0 unspecified atom stereocenters. The zero-order chi connectivity index (χ0) is 18.1. The minimum absolute atomic E-state index is 0.163. The Morgan fingerprint density at radius 3 is 2.36 bits per heavy atom. The molecule has 0 spiro atoms. The van der Waals surface area contributed by atoms with Crippen LogP contribution in [-0.4, -0.2) is 18.5 Å². The van der Waals surface area contributed by atoms with Gasteiger partial charge in [0.1, 0.15) is 0 Å². The Bertz CT molecular complexity index is 707. The Balaban J connectivity index is 1.88. The Labute approximate surface area is 149 Å². The summed E-state index contributed by atoms with van der Waals surface area (Å²) in [5, 5.41) is 2.84. The Hall–Kier alpha value is -2.62. The van der Waals surface area contributed by atoms with E-state index in [1.54, 1.807) is 30.3 Å². The summed E-state index contributed by atoms with van der Waals surface area (Å²) < 4.78 is 5.25. The van der Waals surface area contributed by atoms with Gasteiger partial charge in [0, 0.05) is 11.3 Å². The summed E-state index contributed by atoms with van der Waals surface area (Å²) in [6.45, 7) is 4.49. The van der Waals surface area contributed by atoms with Crippen LogP contribution in [0.25, 0.3) is 0 Å². The summed E-state index contributed by atoms with van der Waals surface area (Å²) in [4.78, 5) is 24.2. The number of ether oxygens (including phenoxy) is 1. The van der Waals surface area contributed by atoms with Gasteiger partial charge in [-0.2, -0.15) is 0 Å². The molecule has 0 heterocycles. The second-order valence-corrected chi connectivity index (χ2v) is 6.04. The van der Waals surface area contributed by atoms with Crippen LogP contribution in [0.2, 0.25) is 0 Å². The Morgan fingerprint density at radius 2 is 1.68 bits per heavy atom. The number of aryl methyl sites for hydroxylation is 1. The third kappa shape index (κ3) is 5.75. The predicted octanol–water partition coefficient (Wildman–Crippen LogP) is 4.98. The molecule has 0 atom stereocenters. The summed E-state index contributed by atoms with van der Waals surface area (Å²) in [5.74, 6) is -0.488. The van der Waals surface area contributed by atoms with Crippen molar-refractivity contribution in [3.63, 3.8) is 0 Å². The van der Waals surface area contributed by atoms with Gasteiger partial charge in [0.05, 0.1) is 12.2 Å². The lowest BCUT2D eigenvalue weighted by molar-refractivity contribution is 0.0498. The summed E-state index contributed by atoms with van der Waals surface area (Å²) in [6, 6.07) is 14.2. The third-order valence-corrected chi connectivity index (χ3v) is 4.00. The van der Waals surface area contributed by atoms with E-state index in [0.29, 0.717) is 23.4 Å². The molecule has 0 aliphatic carbocycles. The molecule has 4 heteroatoms. The number of hydrogen-bond donors (Lipinski definition) is 1. The minimum atomic E-state index is -0.326. The fourth-order valence-corrected chi connectivity index (χ4v) is 2.49. The number of benzene rings is 2. The van der Waals surface area contributed by atoms with Gasteiger partial charge >= 0.3 is 5.97 Å². The maximum atomic E-state index is 12.3. The van der Waals surface area contributed by atoms with Crippen molar-refractivity contribution in [2.24, 2.45) is 0 Å². The number of nitrogens with one attached hydrogen (secondary N) is 1. The second kappa shape index (κ2) is 9.62. The highest BCUT2D eigenvalue weighted by molar-refractivity contribution is 6.05. The van der Waals surface area contributed by atoms with Gasteiger partial charge < -0.3 is 10.1 Å². The number of unbranched alkanes of at least 4 members (excludes halogenated alkanes) is 3. The Morgan fingerprint density at radius 1 is 0.960 bits per heavy atom. The van der Waals surface area contributed by atoms with E-state index in [1.165, 1.54) is 0 Å². The van der Waals surface area contributed by atoms with Gasteiger partial charge in [-0.15, -0.1) is 0 Å². The molecule has 2 rings (SSSR count). The van der Waals surface area contributed by atoms with Crippen molar-refractivity contribution < 1.29 is 14.3 Å². The molecule has 1 N–H and O–H groups in total. The molecule has 0 aliphatic rings. The summed E-state index contributed by atoms with van der Waals surface area (Å²) in [6.07, 6.45) is 4.29. The van der Waals surface area contributed by atoms with Crippen LogP contribution in [0.15, 0.2) is 48.5 Å². The van der Waals surface area contributed by atoms with Crippen molar-refractivity contribution in [1.29, 1.82) is 0 Å². The zero-order valence-electron chi connectivity index (χ0n) is 14.9. The maximum absolute atomic E-state index is 12.3. The third-order valence-electron chi connectivity index (χ3n) is 4.00. The summed E-state index contributed by atoms with van der Waals surface area (Å²) in [5.41, 5.74) is 2.69. The van der Waals surface area contributed by atoms with Crippen molar-refractivity contribution in [3.05, 3.63) is 65.2 Å². The van der Waals surface area contributed by atoms with Gasteiger partial charge in [-0.05, 0) is 49.2 Å². The van der Waals surface area contributed by atoms with Gasteiger partial charge in [-0.1, -0.05) is 44.4 Å². The average molecular weight is 339 g/mol. The molecule has 2 aromatic carbocycles. The lowest BCUT2D eigenvalue weighted by Crippen LogP contribution is -2.13. The SMILES string of the molecule is CCCCCCOC(=O)c1ccc(NC(=O)c2ccccc2C)cc1. The first kappa shape index (κ1) is 18.7. The van der Waals surface area contributed by atoms with Crippen LogP contribution < -0.4 is 5.32 Å². The molecule has 4 nitrogen and oxygen atoms in total. The van der Waals surface area contributed by atoms with Crippen LogP contribution in [0.4, 0.5) is 5.69 Å². The quantitative estimate of drug-likeness (QED) is 0.545. The largest absolute Gasteiger partial charge is 0.462 e. The number of amides is 1. The fraction of sp³-hybridized carbons (Fsp3) is 0.333. The zero-order valence-corrected chi connectivity index (χ0v) is 14.9. The molecular weight excluding hydrogens is 314 g/mol. The van der Waals surface area contributed by atoms with Crippen molar-refractivity contribution in [3.8, 4) is 0 Å². The molecule has 0 aliphatic heterocycles. The number of anilines is 1. The smallest absolute Gasteiger partial charge is 0.338 e. The van der Waals surface area contributed by atoms with Crippen LogP contribution >= 0.6 is 0 Å². The van der Waals surface area contributed by atoms with Crippen LogP contribution in [0.3, 0.4) is 0 Å². The van der Waals surface area contributed by atoms with Crippen LogP contribution in [-0.2, 0) is 4.74 Å². The molecular formula is C21H25NO3. The first-order valence-corrected chi connectivity index (χ1v) is 8.76. The molecule has 2 aromatic rings. The molecule has 0 radical (unpaired) electrons. The van der Waals surface area contributed by atoms with Crippen molar-refractivity contribution in [2.45, 2.75) is 39.5 Å². The number of esters is 1. The molecule has 0 bridgehead atoms. The Kier molecular flexibility index (Phi) is 7.20. The topological polar surface area (TPSA) is 55.4 Å². The van der Waals surface area contributed by atoms with Crippen molar-refractivity contribution >= 4 is 17.6 Å². The number of carbonyl (C=O) groups excluding carboxylic acids is 2. The standard InChI is InChI=1S/C21H25NO3/c1-3-4-5-8-15-25-21(24)17-11-13-18(14-12-17)22-20(23)19-10-7-6-9-16(19)2/h6-7,9-14H,3-5,8,15H2,1-2H3,(H,22,23). The average Bonchev–Trinajstić information content (AvgIpc) is 2.62. The number of carbonyl (C=O) groups is 2. The normalized spacial score (nSPS) is 10.3. The van der Waals surface area contributed by atoms with E-state index >= 15 is 0 Å². The highest BCUT2D eigenvalue weighted by Crippen LogP contribution is 2.14. The van der Waals surface area contributed by atoms with Gasteiger partial charge in [-0.25, -0.2) is 4.79 Å². The van der Waals surface area contributed by atoms with E-state index in [9.17, 15) is 9.59 Å². The molecule has 0 saturated heterocycles. The number of rotatable bonds is 8. The molecule has 132 valence electrons. The monoisotopic (exact) mass is 339 g/mol.